The highest BCUT2D eigenvalue weighted by Crippen LogP contribution is 2.31. The molecule has 1 unspecified atom stereocenters. The normalized spacial score (nSPS) is 25.4. The smallest absolute Gasteiger partial charge is 0.288 e. The third kappa shape index (κ3) is 2.40. The summed E-state index contributed by atoms with van der Waals surface area (Å²) in [6, 6.07) is 0. The third-order valence-electron chi connectivity index (χ3n) is 1.75. The molecule has 1 fully saturated rings. The first kappa shape index (κ1) is 9.89. The number of rotatable bonds is 1. The summed E-state index contributed by atoms with van der Waals surface area (Å²) >= 11 is 1.13. The fourth-order valence-corrected chi connectivity index (χ4v) is 2.40. The Kier molecular flexibility index (Phi) is 3.04. The van der Waals surface area contributed by atoms with Gasteiger partial charge in [-0.25, -0.2) is 0 Å². The molecule has 70 valence electrons. The Bertz CT molecular complexity index is 172. The summed E-state index contributed by atoms with van der Waals surface area (Å²) in [7, 11) is 0. The van der Waals surface area contributed by atoms with E-state index < -0.39 is 17.2 Å². The van der Waals surface area contributed by atoms with Crippen LogP contribution in [0.15, 0.2) is 0 Å². The lowest BCUT2D eigenvalue weighted by Crippen LogP contribution is -2.33. The molecule has 0 bridgehead atoms. The Balaban J connectivity index is 2.51. The molecule has 1 nitrogen and oxygen atoms in total. The summed E-state index contributed by atoms with van der Waals surface area (Å²) in [6.07, 6.45) is -2.61. The number of carbonyl (C=O) groups is 1. The van der Waals surface area contributed by atoms with Crippen molar-refractivity contribution in [3.63, 3.8) is 0 Å². The average molecular weight is 198 g/mol. The Morgan fingerprint density at radius 3 is 2.42 bits per heavy atom. The van der Waals surface area contributed by atoms with Gasteiger partial charge in [0.1, 0.15) is 0 Å². The minimum absolute atomic E-state index is 0.378. The fraction of sp³-hybridized carbons (Fsp3) is 0.857. The van der Waals surface area contributed by atoms with Crippen molar-refractivity contribution < 1.29 is 18.0 Å². The lowest BCUT2D eigenvalue weighted by molar-refractivity contribution is -0.170. The van der Waals surface area contributed by atoms with Crippen LogP contribution in [-0.2, 0) is 4.79 Å². The van der Waals surface area contributed by atoms with Crippen LogP contribution in [0.1, 0.15) is 19.3 Å². The molecule has 1 heterocycles. The number of ketones is 1. The van der Waals surface area contributed by atoms with Crippen LogP contribution in [-0.4, -0.2) is 23.0 Å². The molecule has 1 aliphatic rings. The fourth-order valence-electron chi connectivity index (χ4n) is 1.13. The first-order valence-corrected chi connectivity index (χ1v) is 4.79. The van der Waals surface area contributed by atoms with Crippen molar-refractivity contribution in [2.45, 2.75) is 30.7 Å². The van der Waals surface area contributed by atoms with Gasteiger partial charge >= 0.3 is 6.18 Å². The van der Waals surface area contributed by atoms with Crippen molar-refractivity contribution >= 4 is 17.5 Å². The first-order valence-electron chi connectivity index (χ1n) is 3.74. The maximum absolute atomic E-state index is 11.9. The molecule has 0 aromatic rings. The molecule has 1 rings (SSSR count). The van der Waals surface area contributed by atoms with E-state index >= 15 is 0 Å². The van der Waals surface area contributed by atoms with Crippen molar-refractivity contribution in [3.05, 3.63) is 0 Å². The first-order chi connectivity index (χ1) is 5.52. The summed E-state index contributed by atoms with van der Waals surface area (Å²) in [5, 5.41) is -0.834. The van der Waals surface area contributed by atoms with Gasteiger partial charge in [0, 0.05) is 0 Å². The maximum atomic E-state index is 11.9. The number of hydrogen-bond acceptors (Lipinski definition) is 2. The average Bonchev–Trinajstić information content (AvgIpc) is 2.03. The zero-order valence-corrected chi connectivity index (χ0v) is 7.17. The molecular formula is C7H9F3OS. The van der Waals surface area contributed by atoms with Gasteiger partial charge in [0.05, 0.1) is 5.25 Å². The van der Waals surface area contributed by atoms with Crippen molar-refractivity contribution in [1.29, 1.82) is 0 Å². The van der Waals surface area contributed by atoms with Crippen LogP contribution in [0.25, 0.3) is 0 Å². The molecule has 0 amide bonds. The van der Waals surface area contributed by atoms with E-state index in [0.29, 0.717) is 12.2 Å². The number of halogens is 3. The lowest BCUT2D eigenvalue weighted by Gasteiger charge is -2.20. The van der Waals surface area contributed by atoms with Crippen molar-refractivity contribution in [2.24, 2.45) is 0 Å². The highest BCUT2D eigenvalue weighted by molar-refractivity contribution is 8.00. The second kappa shape index (κ2) is 3.68. The highest BCUT2D eigenvalue weighted by Gasteiger charge is 2.43. The van der Waals surface area contributed by atoms with Crippen LogP contribution in [0, 0.1) is 0 Å². The number of alkyl halides is 3. The predicted octanol–water partition coefficient (Wildman–Crippen LogP) is 2.40. The molecule has 1 aliphatic heterocycles. The predicted molar refractivity (Wildman–Crippen MR) is 41.2 cm³/mol. The quantitative estimate of drug-likeness (QED) is 0.643. The van der Waals surface area contributed by atoms with E-state index in [1.807, 2.05) is 0 Å². The molecule has 0 radical (unpaired) electrons. The van der Waals surface area contributed by atoms with Crippen molar-refractivity contribution in [1.82, 2.24) is 0 Å². The van der Waals surface area contributed by atoms with Gasteiger partial charge in [-0.1, -0.05) is 6.42 Å². The third-order valence-corrected chi connectivity index (χ3v) is 3.13. The SMILES string of the molecule is O=C(C1CCCCS1)C(F)(F)F. The molecule has 1 atom stereocenters. The summed E-state index contributed by atoms with van der Waals surface area (Å²) in [6.45, 7) is 0. The summed E-state index contributed by atoms with van der Waals surface area (Å²) in [5.41, 5.74) is 0. The van der Waals surface area contributed by atoms with Gasteiger partial charge in [0.25, 0.3) is 0 Å². The van der Waals surface area contributed by atoms with Crippen LogP contribution < -0.4 is 0 Å². The standard InChI is InChI=1S/C7H9F3OS/c8-7(9,10)6(11)5-3-1-2-4-12-5/h5H,1-4H2. The highest BCUT2D eigenvalue weighted by atomic mass is 32.2. The van der Waals surface area contributed by atoms with Crippen LogP contribution >= 0.6 is 11.8 Å². The van der Waals surface area contributed by atoms with Gasteiger partial charge in [-0.15, -0.1) is 0 Å². The molecular weight excluding hydrogens is 189 g/mol. The molecule has 1 saturated heterocycles. The number of thioether (sulfide) groups is 1. The van der Waals surface area contributed by atoms with Gasteiger partial charge in [0.2, 0.25) is 5.78 Å². The largest absolute Gasteiger partial charge is 0.451 e. The van der Waals surface area contributed by atoms with E-state index in [4.69, 9.17) is 0 Å². The molecule has 0 aromatic carbocycles. The van der Waals surface area contributed by atoms with E-state index in [1.54, 1.807) is 0 Å². The van der Waals surface area contributed by atoms with E-state index in [2.05, 4.69) is 0 Å². The van der Waals surface area contributed by atoms with Crippen molar-refractivity contribution in [2.75, 3.05) is 5.75 Å². The summed E-state index contributed by atoms with van der Waals surface area (Å²) in [5.74, 6) is -0.890. The Labute approximate surface area is 72.7 Å². The zero-order chi connectivity index (χ0) is 9.19. The van der Waals surface area contributed by atoms with Crippen LogP contribution in [0.4, 0.5) is 13.2 Å². The van der Waals surface area contributed by atoms with Gasteiger partial charge in [-0.3, -0.25) is 4.79 Å². The number of Topliss-reactive ketones (excluding diaryl/α,β-unsaturated/α-hetero) is 1. The van der Waals surface area contributed by atoms with Crippen LogP contribution in [0.5, 0.6) is 0 Å². The molecule has 12 heavy (non-hydrogen) atoms. The van der Waals surface area contributed by atoms with Gasteiger partial charge < -0.3 is 0 Å². The summed E-state index contributed by atoms with van der Waals surface area (Å²) < 4.78 is 35.6. The van der Waals surface area contributed by atoms with Gasteiger partial charge in [0.15, 0.2) is 0 Å². The van der Waals surface area contributed by atoms with E-state index in [9.17, 15) is 18.0 Å². The van der Waals surface area contributed by atoms with Crippen LogP contribution in [0.3, 0.4) is 0 Å². The zero-order valence-electron chi connectivity index (χ0n) is 6.36. The maximum Gasteiger partial charge on any atom is 0.451 e. The monoisotopic (exact) mass is 198 g/mol. The van der Waals surface area contributed by atoms with Gasteiger partial charge in [-0.2, -0.15) is 24.9 Å². The topological polar surface area (TPSA) is 17.1 Å². The molecule has 0 spiro atoms. The molecule has 0 aromatic heterocycles. The Morgan fingerprint density at radius 2 is 2.00 bits per heavy atom. The lowest BCUT2D eigenvalue weighted by atomic mass is 10.1. The number of hydrogen-bond donors (Lipinski definition) is 0. The summed E-state index contributed by atoms with van der Waals surface area (Å²) in [4.78, 5) is 10.7. The Hall–Kier alpha value is -0.190. The van der Waals surface area contributed by atoms with Crippen LogP contribution in [0.2, 0.25) is 0 Å². The number of carbonyl (C=O) groups excluding carboxylic acids is 1. The van der Waals surface area contributed by atoms with E-state index in [-0.39, 0.29) is 0 Å². The second-order valence-corrected chi connectivity index (χ2v) is 4.03. The minimum atomic E-state index is -4.64. The Morgan fingerprint density at radius 1 is 1.33 bits per heavy atom. The van der Waals surface area contributed by atoms with Gasteiger partial charge in [-0.05, 0) is 18.6 Å². The second-order valence-electron chi connectivity index (χ2n) is 2.72. The molecule has 0 saturated carbocycles. The van der Waals surface area contributed by atoms with E-state index in [1.165, 1.54) is 0 Å². The molecule has 5 heteroatoms. The minimum Gasteiger partial charge on any atom is -0.288 e. The molecule has 0 aliphatic carbocycles. The van der Waals surface area contributed by atoms with Crippen molar-refractivity contribution in [3.8, 4) is 0 Å². The molecule has 0 N–H and O–H groups in total. The van der Waals surface area contributed by atoms with E-state index in [0.717, 1.165) is 24.6 Å².